The van der Waals surface area contributed by atoms with Gasteiger partial charge in [-0.1, -0.05) is 30.3 Å². The molecule has 0 aliphatic carbocycles. The molecule has 0 fully saturated rings. The zero-order valence-corrected chi connectivity index (χ0v) is 11.9. The van der Waals surface area contributed by atoms with Crippen LogP contribution in [0, 0.1) is 0 Å². The highest BCUT2D eigenvalue weighted by molar-refractivity contribution is 5.93. The lowest BCUT2D eigenvalue weighted by Crippen LogP contribution is -2.25. The summed E-state index contributed by atoms with van der Waals surface area (Å²) in [6, 6.07) is 13.6. The normalized spacial score (nSPS) is 13.2. The summed E-state index contributed by atoms with van der Waals surface area (Å²) in [4.78, 5) is 18.5. The summed E-state index contributed by atoms with van der Waals surface area (Å²) in [6.45, 7) is 1.22. The Labute approximate surface area is 127 Å². The zero-order valence-electron chi connectivity index (χ0n) is 11.9. The molecule has 0 atom stereocenters. The molecule has 5 heteroatoms. The third kappa shape index (κ3) is 2.16. The highest BCUT2D eigenvalue weighted by atomic mass is 16.2. The standard InChI is InChI=1S/C17H14N4O/c22-17(21-10-13-6-7-18-9-14(13)11-21)16-8-15(19-20-16)12-4-2-1-3-5-12/h1-9H,10-11H2,(H,19,20). The second-order valence-corrected chi connectivity index (χ2v) is 5.34. The van der Waals surface area contributed by atoms with Crippen molar-refractivity contribution >= 4 is 5.91 Å². The van der Waals surface area contributed by atoms with Crippen molar-refractivity contribution in [3.63, 3.8) is 0 Å². The summed E-state index contributed by atoms with van der Waals surface area (Å²) < 4.78 is 0. The Balaban J connectivity index is 1.57. The van der Waals surface area contributed by atoms with Crippen LogP contribution in [0.3, 0.4) is 0 Å². The molecule has 0 saturated heterocycles. The maximum atomic E-state index is 12.6. The summed E-state index contributed by atoms with van der Waals surface area (Å²) in [5.41, 5.74) is 4.55. The van der Waals surface area contributed by atoms with Gasteiger partial charge in [0.05, 0.1) is 5.69 Å². The molecule has 0 saturated carbocycles. The Morgan fingerprint density at radius 2 is 1.91 bits per heavy atom. The Bertz CT molecular complexity index is 800. The molecule has 4 rings (SSSR count). The van der Waals surface area contributed by atoms with Gasteiger partial charge >= 0.3 is 0 Å². The second kappa shape index (κ2) is 5.11. The van der Waals surface area contributed by atoms with E-state index in [0.29, 0.717) is 18.8 Å². The van der Waals surface area contributed by atoms with Gasteiger partial charge < -0.3 is 4.90 Å². The maximum absolute atomic E-state index is 12.6. The number of nitrogens with zero attached hydrogens (tertiary/aromatic N) is 3. The van der Waals surface area contributed by atoms with Gasteiger partial charge in [-0.2, -0.15) is 5.10 Å². The molecule has 0 bridgehead atoms. The molecular weight excluding hydrogens is 276 g/mol. The van der Waals surface area contributed by atoms with Gasteiger partial charge in [0.25, 0.3) is 5.91 Å². The fraction of sp³-hybridized carbons (Fsp3) is 0.118. The van der Waals surface area contributed by atoms with Crippen molar-refractivity contribution < 1.29 is 4.79 Å². The quantitative estimate of drug-likeness (QED) is 0.789. The number of rotatable bonds is 2. The van der Waals surface area contributed by atoms with Crippen LogP contribution in [-0.2, 0) is 13.1 Å². The van der Waals surface area contributed by atoms with Crippen molar-refractivity contribution in [1.82, 2.24) is 20.1 Å². The van der Waals surface area contributed by atoms with E-state index in [4.69, 9.17) is 0 Å². The van der Waals surface area contributed by atoms with Crippen molar-refractivity contribution in [3.05, 3.63) is 71.7 Å². The fourth-order valence-electron chi connectivity index (χ4n) is 2.72. The number of fused-ring (bicyclic) bond motifs is 1. The smallest absolute Gasteiger partial charge is 0.272 e. The van der Waals surface area contributed by atoms with E-state index in [1.54, 1.807) is 17.2 Å². The van der Waals surface area contributed by atoms with Gasteiger partial charge in [0, 0.05) is 31.0 Å². The van der Waals surface area contributed by atoms with Crippen LogP contribution < -0.4 is 0 Å². The van der Waals surface area contributed by atoms with Gasteiger partial charge in [0.15, 0.2) is 0 Å². The highest BCUT2D eigenvalue weighted by Gasteiger charge is 2.25. The fourth-order valence-corrected chi connectivity index (χ4v) is 2.72. The predicted octanol–water partition coefficient (Wildman–Crippen LogP) is 2.63. The number of carbonyl (C=O) groups excluding carboxylic acids is 1. The SMILES string of the molecule is O=C(c1cc(-c2ccccc2)n[nH]1)N1Cc2ccncc2C1. The molecule has 1 aliphatic rings. The first-order chi connectivity index (χ1) is 10.8. The summed E-state index contributed by atoms with van der Waals surface area (Å²) in [5.74, 6) is -0.0362. The van der Waals surface area contributed by atoms with Crippen molar-refractivity contribution in [2.75, 3.05) is 0 Å². The Morgan fingerprint density at radius 3 is 2.73 bits per heavy atom. The van der Waals surface area contributed by atoms with Crippen LogP contribution in [0.25, 0.3) is 11.3 Å². The largest absolute Gasteiger partial charge is 0.329 e. The van der Waals surface area contributed by atoms with Crippen LogP contribution in [-0.4, -0.2) is 26.0 Å². The van der Waals surface area contributed by atoms with E-state index in [1.165, 1.54) is 0 Å². The van der Waals surface area contributed by atoms with E-state index < -0.39 is 0 Å². The minimum absolute atomic E-state index is 0.0362. The third-order valence-corrected chi connectivity index (χ3v) is 3.89. The number of aromatic amines is 1. The number of benzene rings is 1. The van der Waals surface area contributed by atoms with Crippen molar-refractivity contribution in [2.24, 2.45) is 0 Å². The molecule has 5 nitrogen and oxygen atoms in total. The monoisotopic (exact) mass is 290 g/mol. The van der Waals surface area contributed by atoms with Crippen LogP contribution in [0.15, 0.2) is 54.9 Å². The summed E-state index contributed by atoms with van der Waals surface area (Å²) >= 11 is 0. The van der Waals surface area contributed by atoms with Crippen LogP contribution in [0.5, 0.6) is 0 Å². The minimum atomic E-state index is -0.0362. The van der Waals surface area contributed by atoms with Crippen molar-refractivity contribution in [1.29, 1.82) is 0 Å². The first kappa shape index (κ1) is 12.8. The molecule has 1 amide bonds. The molecule has 2 aromatic heterocycles. The highest BCUT2D eigenvalue weighted by Crippen LogP contribution is 2.24. The molecule has 3 aromatic rings. The molecule has 0 radical (unpaired) electrons. The average Bonchev–Trinajstić information content (AvgIpc) is 3.22. The molecule has 108 valence electrons. The lowest BCUT2D eigenvalue weighted by molar-refractivity contribution is 0.0745. The van der Waals surface area contributed by atoms with Crippen LogP contribution in [0.4, 0.5) is 0 Å². The number of pyridine rings is 1. The molecule has 0 unspecified atom stereocenters. The summed E-state index contributed by atoms with van der Waals surface area (Å²) in [5, 5.41) is 7.09. The molecule has 1 aliphatic heterocycles. The second-order valence-electron chi connectivity index (χ2n) is 5.34. The van der Waals surface area contributed by atoms with Gasteiger partial charge in [0.1, 0.15) is 5.69 Å². The van der Waals surface area contributed by atoms with Gasteiger partial charge in [0.2, 0.25) is 0 Å². The van der Waals surface area contributed by atoms with Gasteiger partial charge in [-0.15, -0.1) is 0 Å². The van der Waals surface area contributed by atoms with Crippen LogP contribution in [0.1, 0.15) is 21.6 Å². The molecular formula is C17H14N4O. The van der Waals surface area contributed by atoms with Gasteiger partial charge in [-0.05, 0) is 23.3 Å². The number of H-pyrrole nitrogens is 1. The molecule has 1 N–H and O–H groups in total. The Morgan fingerprint density at radius 1 is 1.09 bits per heavy atom. The van der Waals surface area contributed by atoms with E-state index >= 15 is 0 Å². The minimum Gasteiger partial charge on any atom is -0.329 e. The number of aromatic nitrogens is 3. The zero-order chi connectivity index (χ0) is 14.9. The topological polar surface area (TPSA) is 61.9 Å². The predicted molar refractivity (Wildman–Crippen MR) is 81.8 cm³/mol. The van der Waals surface area contributed by atoms with E-state index in [2.05, 4.69) is 15.2 Å². The van der Waals surface area contributed by atoms with E-state index in [0.717, 1.165) is 22.4 Å². The lowest BCUT2D eigenvalue weighted by atomic mass is 10.1. The third-order valence-electron chi connectivity index (χ3n) is 3.89. The molecule has 3 heterocycles. The van der Waals surface area contributed by atoms with Gasteiger partial charge in [-0.3, -0.25) is 14.9 Å². The van der Waals surface area contributed by atoms with Crippen LogP contribution in [0.2, 0.25) is 0 Å². The maximum Gasteiger partial charge on any atom is 0.272 e. The summed E-state index contributed by atoms with van der Waals surface area (Å²) in [6.07, 6.45) is 3.58. The number of nitrogens with one attached hydrogen (secondary N) is 1. The Kier molecular flexibility index (Phi) is 2.96. The molecule has 0 spiro atoms. The Hall–Kier alpha value is -2.95. The number of amides is 1. The first-order valence-corrected chi connectivity index (χ1v) is 7.13. The summed E-state index contributed by atoms with van der Waals surface area (Å²) in [7, 11) is 0. The van der Waals surface area contributed by atoms with E-state index in [-0.39, 0.29) is 5.91 Å². The van der Waals surface area contributed by atoms with E-state index in [9.17, 15) is 4.79 Å². The molecule has 22 heavy (non-hydrogen) atoms. The average molecular weight is 290 g/mol. The number of carbonyl (C=O) groups is 1. The van der Waals surface area contributed by atoms with Gasteiger partial charge in [-0.25, -0.2) is 0 Å². The van der Waals surface area contributed by atoms with Crippen molar-refractivity contribution in [3.8, 4) is 11.3 Å². The van der Waals surface area contributed by atoms with E-state index in [1.807, 2.05) is 42.6 Å². The number of hydrogen-bond donors (Lipinski definition) is 1. The number of hydrogen-bond acceptors (Lipinski definition) is 3. The first-order valence-electron chi connectivity index (χ1n) is 7.13. The van der Waals surface area contributed by atoms with Crippen LogP contribution >= 0.6 is 0 Å². The molecule has 1 aromatic carbocycles. The van der Waals surface area contributed by atoms with Crippen molar-refractivity contribution in [2.45, 2.75) is 13.1 Å². The lowest BCUT2D eigenvalue weighted by Gasteiger charge is -2.13.